The maximum absolute atomic E-state index is 13.4. The van der Waals surface area contributed by atoms with Gasteiger partial charge in [0.2, 0.25) is 0 Å². The second-order valence-corrected chi connectivity index (χ2v) is 3.32. The van der Waals surface area contributed by atoms with Crippen molar-refractivity contribution in [1.82, 2.24) is 0 Å². The fourth-order valence-corrected chi connectivity index (χ4v) is 1.15. The van der Waals surface area contributed by atoms with Crippen molar-refractivity contribution >= 4 is 0 Å². The third-order valence-electron chi connectivity index (χ3n) is 2.03. The highest BCUT2D eigenvalue weighted by molar-refractivity contribution is 5.30. The van der Waals surface area contributed by atoms with Crippen LogP contribution in [0.4, 0.5) is 4.39 Å². The van der Waals surface area contributed by atoms with E-state index in [1.165, 1.54) is 6.07 Å². The van der Waals surface area contributed by atoms with Gasteiger partial charge in [-0.15, -0.1) is 0 Å². The lowest BCUT2D eigenvalue weighted by molar-refractivity contribution is 0.144. The van der Waals surface area contributed by atoms with Crippen molar-refractivity contribution in [2.45, 2.75) is 13.0 Å². The zero-order chi connectivity index (χ0) is 11.3. The van der Waals surface area contributed by atoms with Gasteiger partial charge in [-0.05, 0) is 24.6 Å². The molecule has 0 aromatic heterocycles. The van der Waals surface area contributed by atoms with E-state index in [1.807, 2.05) is 0 Å². The van der Waals surface area contributed by atoms with Gasteiger partial charge in [-0.25, -0.2) is 4.39 Å². The van der Waals surface area contributed by atoms with Crippen molar-refractivity contribution in [3.05, 3.63) is 29.6 Å². The van der Waals surface area contributed by atoms with E-state index in [-0.39, 0.29) is 17.6 Å². The van der Waals surface area contributed by atoms with Crippen LogP contribution < -0.4 is 10.5 Å². The minimum atomic E-state index is -0.388. The lowest BCUT2D eigenvalue weighted by Gasteiger charge is -2.09. The second kappa shape index (κ2) is 5.68. The predicted octanol–water partition coefficient (Wildman–Crippen LogP) is 1.87. The molecular formula is C11H16FNO2. The SMILES string of the molecule is COCCOc1ccc(C(C)N)cc1F. The van der Waals surface area contributed by atoms with Crippen LogP contribution in [0.1, 0.15) is 18.5 Å². The lowest BCUT2D eigenvalue weighted by atomic mass is 10.1. The molecule has 0 radical (unpaired) electrons. The third kappa shape index (κ3) is 3.49. The summed E-state index contributed by atoms with van der Waals surface area (Å²) >= 11 is 0. The summed E-state index contributed by atoms with van der Waals surface area (Å²) in [7, 11) is 1.57. The van der Waals surface area contributed by atoms with Crippen molar-refractivity contribution in [3.63, 3.8) is 0 Å². The molecule has 0 aliphatic rings. The summed E-state index contributed by atoms with van der Waals surface area (Å²) in [5, 5.41) is 0. The van der Waals surface area contributed by atoms with Crippen LogP contribution in [0.5, 0.6) is 5.75 Å². The first-order valence-electron chi connectivity index (χ1n) is 4.82. The van der Waals surface area contributed by atoms with E-state index in [9.17, 15) is 4.39 Å². The molecule has 84 valence electrons. The predicted molar refractivity (Wildman–Crippen MR) is 56.4 cm³/mol. The first-order chi connectivity index (χ1) is 7.15. The van der Waals surface area contributed by atoms with Crippen molar-refractivity contribution in [1.29, 1.82) is 0 Å². The van der Waals surface area contributed by atoms with Crippen LogP contribution in [0, 0.1) is 5.82 Å². The highest BCUT2D eigenvalue weighted by Gasteiger charge is 2.06. The Hall–Kier alpha value is -1.13. The van der Waals surface area contributed by atoms with Crippen LogP contribution in [0.3, 0.4) is 0 Å². The van der Waals surface area contributed by atoms with Crippen molar-refractivity contribution in [3.8, 4) is 5.75 Å². The Bertz CT molecular complexity index is 315. The quantitative estimate of drug-likeness (QED) is 0.759. The second-order valence-electron chi connectivity index (χ2n) is 3.32. The Morgan fingerprint density at radius 1 is 1.40 bits per heavy atom. The van der Waals surface area contributed by atoms with Crippen molar-refractivity contribution in [2.75, 3.05) is 20.3 Å². The summed E-state index contributed by atoms with van der Waals surface area (Å²) in [5.74, 6) is -0.155. The van der Waals surface area contributed by atoms with Gasteiger partial charge in [-0.1, -0.05) is 6.07 Å². The summed E-state index contributed by atoms with van der Waals surface area (Å²) in [5.41, 5.74) is 6.38. The van der Waals surface area contributed by atoms with Gasteiger partial charge in [-0.2, -0.15) is 0 Å². The number of hydrogen-bond donors (Lipinski definition) is 1. The molecule has 1 rings (SSSR count). The Labute approximate surface area is 89.0 Å². The topological polar surface area (TPSA) is 44.5 Å². The Morgan fingerprint density at radius 3 is 2.67 bits per heavy atom. The molecule has 1 atom stereocenters. The number of halogens is 1. The smallest absolute Gasteiger partial charge is 0.165 e. The van der Waals surface area contributed by atoms with E-state index in [0.717, 1.165) is 5.56 Å². The summed E-state index contributed by atoms with van der Waals surface area (Å²) in [6.07, 6.45) is 0. The van der Waals surface area contributed by atoms with Crippen LogP contribution in [-0.2, 0) is 4.74 Å². The molecule has 0 fully saturated rings. The van der Waals surface area contributed by atoms with E-state index in [0.29, 0.717) is 13.2 Å². The summed E-state index contributed by atoms with van der Waals surface area (Å²) in [4.78, 5) is 0. The molecule has 0 heterocycles. The lowest BCUT2D eigenvalue weighted by Crippen LogP contribution is -2.08. The molecule has 0 saturated heterocycles. The molecule has 0 bridgehead atoms. The number of ether oxygens (including phenoxy) is 2. The number of methoxy groups -OCH3 is 1. The number of nitrogens with two attached hydrogens (primary N) is 1. The average molecular weight is 213 g/mol. The van der Waals surface area contributed by atoms with Crippen LogP contribution in [0.2, 0.25) is 0 Å². The molecule has 0 aliphatic heterocycles. The van der Waals surface area contributed by atoms with Gasteiger partial charge in [-0.3, -0.25) is 0 Å². The van der Waals surface area contributed by atoms with E-state index in [1.54, 1.807) is 26.2 Å². The van der Waals surface area contributed by atoms with Gasteiger partial charge in [0.1, 0.15) is 6.61 Å². The number of hydrogen-bond acceptors (Lipinski definition) is 3. The van der Waals surface area contributed by atoms with Gasteiger partial charge in [0.25, 0.3) is 0 Å². The fraction of sp³-hybridized carbons (Fsp3) is 0.455. The molecule has 0 spiro atoms. The minimum absolute atomic E-state index is 0.174. The highest BCUT2D eigenvalue weighted by Crippen LogP contribution is 2.20. The molecular weight excluding hydrogens is 197 g/mol. The van der Waals surface area contributed by atoms with Crippen LogP contribution in [0.15, 0.2) is 18.2 Å². The fourth-order valence-electron chi connectivity index (χ4n) is 1.15. The molecule has 0 saturated carbocycles. The molecule has 15 heavy (non-hydrogen) atoms. The summed E-state index contributed by atoms with van der Waals surface area (Å²) in [6, 6.07) is 4.57. The van der Waals surface area contributed by atoms with Crippen molar-refractivity contribution in [2.24, 2.45) is 5.73 Å². The molecule has 1 unspecified atom stereocenters. The van der Waals surface area contributed by atoms with Gasteiger partial charge in [0, 0.05) is 13.2 Å². The molecule has 0 amide bonds. The highest BCUT2D eigenvalue weighted by atomic mass is 19.1. The zero-order valence-corrected chi connectivity index (χ0v) is 9.00. The van der Waals surface area contributed by atoms with Gasteiger partial charge < -0.3 is 15.2 Å². The number of rotatable bonds is 5. The van der Waals surface area contributed by atoms with Crippen LogP contribution >= 0.6 is 0 Å². The van der Waals surface area contributed by atoms with Crippen LogP contribution in [-0.4, -0.2) is 20.3 Å². The van der Waals surface area contributed by atoms with Crippen LogP contribution in [0.25, 0.3) is 0 Å². The van der Waals surface area contributed by atoms with E-state index >= 15 is 0 Å². The van der Waals surface area contributed by atoms with Gasteiger partial charge in [0.05, 0.1) is 6.61 Å². The van der Waals surface area contributed by atoms with Gasteiger partial charge >= 0.3 is 0 Å². The third-order valence-corrected chi connectivity index (χ3v) is 2.03. The minimum Gasteiger partial charge on any atom is -0.488 e. The first kappa shape index (κ1) is 11.9. The maximum atomic E-state index is 13.4. The Balaban J connectivity index is 2.66. The summed E-state index contributed by atoms with van der Waals surface area (Å²) in [6.45, 7) is 2.58. The molecule has 1 aromatic rings. The largest absolute Gasteiger partial charge is 0.488 e. The Kier molecular flexibility index (Phi) is 4.52. The van der Waals surface area contributed by atoms with E-state index in [4.69, 9.17) is 15.2 Å². The van der Waals surface area contributed by atoms with Crippen molar-refractivity contribution < 1.29 is 13.9 Å². The summed E-state index contributed by atoms with van der Waals surface area (Å²) < 4.78 is 23.4. The first-order valence-corrected chi connectivity index (χ1v) is 4.82. The van der Waals surface area contributed by atoms with E-state index in [2.05, 4.69) is 0 Å². The monoisotopic (exact) mass is 213 g/mol. The molecule has 0 aliphatic carbocycles. The number of benzene rings is 1. The molecule has 1 aromatic carbocycles. The zero-order valence-electron chi connectivity index (χ0n) is 9.00. The Morgan fingerprint density at radius 2 is 2.13 bits per heavy atom. The maximum Gasteiger partial charge on any atom is 0.165 e. The normalized spacial score (nSPS) is 12.5. The van der Waals surface area contributed by atoms with Gasteiger partial charge in [0.15, 0.2) is 11.6 Å². The average Bonchev–Trinajstić information content (AvgIpc) is 2.20. The van der Waals surface area contributed by atoms with E-state index < -0.39 is 0 Å². The molecule has 2 N–H and O–H groups in total. The molecule has 3 nitrogen and oxygen atoms in total. The molecule has 4 heteroatoms. The standard InChI is InChI=1S/C11H16FNO2/c1-8(13)9-3-4-11(10(12)7-9)15-6-5-14-2/h3-4,7-8H,5-6,13H2,1-2H3.